The first kappa shape index (κ1) is 26.7. The second-order valence-corrected chi connectivity index (χ2v) is 6.96. The Balaban J connectivity index is 3.56. The summed E-state index contributed by atoms with van der Waals surface area (Å²) in [6.07, 6.45) is 1.02. The number of hydrogen-bond donors (Lipinski definition) is 1. The highest BCUT2D eigenvalue weighted by molar-refractivity contribution is 5.86. The van der Waals surface area contributed by atoms with Crippen LogP contribution in [0.2, 0.25) is 0 Å². The van der Waals surface area contributed by atoms with E-state index in [2.05, 4.69) is 5.32 Å². The van der Waals surface area contributed by atoms with Gasteiger partial charge in [0.1, 0.15) is 6.61 Å². The van der Waals surface area contributed by atoms with Gasteiger partial charge < -0.3 is 29.0 Å². The highest BCUT2D eigenvalue weighted by Gasteiger charge is 2.47. The van der Waals surface area contributed by atoms with Crippen LogP contribution in [0, 0.1) is 5.92 Å². The number of rotatable bonds is 9. The maximum absolute atomic E-state index is 12.2. The lowest BCUT2D eigenvalue weighted by Gasteiger charge is -2.41. The number of carbonyl (C=O) groups excluding carboxylic acids is 5. The molecule has 0 saturated carbocycles. The predicted molar refractivity (Wildman–Crippen MR) is 109 cm³/mol. The molecule has 11 nitrogen and oxygen atoms in total. The minimum absolute atomic E-state index is 0.187. The predicted octanol–water partition coefficient (Wildman–Crippen LogP) is 0.566. The lowest BCUT2D eigenvalue weighted by molar-refractivity contribution is -0.188. The van der Waals surface area contributed by atoms with Crippen LogP contribution < -0.4 is 5.32 Å². The fourth-order valence-electron chi connectivity index (χ4n) is 3.21. The van der Waals surface area contributed by atoms with Crippen molar-refractivity contribution in [2.45, 2.75) is 59.0 Å². The Hall–Kier alpha value is -3.37. The van der Waals surface area contributed by atoms with Crippen molar-refractivity contribution in [2.24, 2.45) is 5.92 Å². The summed E-state index contributed by atoms with van der Waals surface area (Å²) < 4.78 is 26.1. The molecule has 0 aliphatic carbocycles. The Labute approximate surface area is 186 Å². The van der Waals surface area contributed by atoms with Gasteiger partial charge in [-0.1, -0.05) is 12.2 Å². The highest BCUT2D eigenvalue weighted by atomic mass is 16.6. The third kappa shape index (κ3) is 8.05. The molecule has 0 aromatic heterocycles. The number of allylic oxidation sites excluding steroid dienone is 1. The molecule has 0 bridgehead atoms. The average Bonchev–Trinajstić information content (AvgIpc) is 2.69. The molecule has 1 aliphatic rings. The second kappa shape index (κ2) is 12.5. The molecule has 0 saturated heterocycles. The summed E-state index contributed by atoms with van der Waals surface area (Å²) >= 11 is 0. The van der Waals surface area contributed by atoms with Crippen LogP contribution in [0.5, 0.6) is 0 Å². The van der Waals surface area contributed by atoms with Gasteiger partial charge in [-0.05, 0) is 13.0 Å². The van der Waals surface area contributed by atoms with Gasteiger partial charge in [-0.3, -0.25) is 19.2 Å². The Morgan fingerprint density at radius 1 is 1.06 bits per heavy atom. The molecule has 178 valence electrons. The van der Waals surface area contributed by atoms with E-state index >= 15 is 0 Å². The van der Waals surface area contributed by atoms with Crippen molar-refractivity contribution in [3.8, 4) is 0 Å². The van der Waals surface area contributed by atoms with E-state index in [0.717, 1.165) is 27.9 Å². The van der Waals surface area contributed by atoms with E-state index in [4.69, 9.17) is 23.7 Å². The Bertz CT molecular complexity index is 787. The number of methoxy groups -OCH3 is 1. The van der Waals surface area contributed by atoms with Gasteiger partial charge in [0.05, 0.1) is 13.2 Å². The fourth-order valence-corrected chi connectivity index (χ4v) is 3.21. The van der Waals surface area contributed by atoms with Gasteiger partial charge in [-0.2, -0.15) is 0 Å². The summed E-state index contributed by atoms with van der Waals surface area (Å²) in [4.78, 5) is 59.1. The minimum atomic E-state index is -1.35. The maximum Gasteiger partial charge on any atom is 0.373 e. The highest BCUT2D eigenvalue weighted by Crippen LogP contribution is 2.30. The number of amides is 1. The van der Waals surface area contributed by atoms with E-state index in [1.807, 2.05) is 0 Å². The summed E-state index contributed by atoms with van der Waals surface area (Å²) in [7, 11) is 1.16. The largest absolute Gasteiger partial charge is 0.477 e. The number of esters is 4. The molecule has 1 N–H and O–H groups in total. The van der Waals surface area contributed by atoms with Gasteiger partial charge in [0.25, 0.3) is 0 Å². The molecule has 0 spiro atoms. The van der Waals surface area contributed by atoms with Crippen molar-refractivity contribution in [1.82, 2.24) is 5.32 Å². The first-order chi connectivity index (χ1) is 15.0. The average molecular weight is 455 g/mol. The van der Waals surface area contributed by atoms with Crippen LogP contribution in [-0.4, -0.2) is 67.9 Å². The van der Waals surface area contributed by atoms with Crippen molar-refractivity contribution >= 4 is 29.8 Å². The number of carbonyl (C=O) groups is 5. The normalized spacial score (nSPS) is 21.9. The van der Waals surface area contributed by atoms with E-state index < -0.39 is 66.7 Å². The summed E-state index contributed by atoms with van der Waals surface area (Å²) in [6, 6.07) is -0.836. The van der Waals surface area contributed by atoms with Crippen molar-refractivity contribution in [2.75, 3.05) is 13.7 Å². The second-order valence-electron chi connectivity index (χ2n) is 6.96. The van der Waals surface area contributed by atoms with E-state index in [1.165, 1.54) is 13.0 Å². The monoisotopic (exact) mass is 455 g/mol. The van der Waals surface area contributed by atoms with Crippen molar-refractivity contribution in [3.63, 3.8) is 0 Å². The molecule has 1 rings (SSSR count). The summed E-state index contributed by atoms with van der Waals surface area (Å²) in [5.74, 6) is -4.12. The molecular weight excluding hydrogens is 426 g/mol. The SMILES string of the molecule is C/C=C\[C@H]1C=C(C(=O)OC)O[C@@H]([C@H](OC(C)=O)[C@@H](COC(C)=O)OC(C)=O)[C@@H]1NC(C)=O. The van der Waals surface area contributed by atoms with Crippen LogP contribution in [0.1, 0.15) is 34.6 Å². The van der Waals surface area contributed by atoms with E-state index in [0.29, 0.717) is 0 Å². The molecule has 0 radical (unpaired) electrons. The number of ether oxygens (including phenoxy) is 5. The van der Waals surface area contributed by atoms with Crippen LogP contribution >= 0.6 is 0 Å². The molecule has 1 aliphatic heterocycles. The minimum Gasteiger partial charge on any atom is -0.477 e. The summed E-state index contributed by atoms with van der Waals surface area (Å²) in [5, 5.41) is 2.72. The van der Waals surface area contributed by atoms with Gasteiger partial charge in [0.15, 0.2) is 18.3 Å². The van der Waals surface area contributed by atoms with Crippen LogP contribution in [0.4, 0.5) is 0 Å². The number of nitrogens with one attached hydrogen (secondary N) is 1. The van der Waals surface area contributed by atoms with Crippen molar-refractivity contribution in [3.05, 3.63) is 24.0 Å². The summed E-state index contributed by atoms with van der Waals surface area (Å²) in [5.41, 5.74) is 0. The van der Waals surface area contributed by atoms with E-state index in [-0.39, 0.29) is 5.76 Å². The third-order valence-corrected chi connectivity index (χ3v) is 4.31. The zero-order chi connectivity index (χ0) is 24.4. The Morgan fingerprint density at radius 2 is 1.69 bits per heavy atom. The Morgan fingerprint density at radius 3 is 2.16 bits per heavy atom. The molecular formula is C21H29NO10. The molecule has 32 heavy (non-hydrogen) atoms. The van der Waals surface area contributed by atoms with Crippen LogP contribution in [0.25, 0.3) is 0 Å². The molecule has 0 unspecified atom stereocenters. The molecule has 0 aromatic rings. The van der Waals surface area contributed by atoms with E-state index in [9.17, 15) is 24.0 Å². The fraction of sp³-hybridized carbons (Fsp3) is 0.571. The van der Waals surface area contributed by atoms with Crippen molar-refractivity contribution in [1.29, 1.82) is 0 Å². The van der Waals surface area contributed by atoms with Gasteiger partial charge >= 0.3 is 23.9 Å². The van der Waals surface area contributed by atoms with Crippen molar-refractivity contribution < 1.29 is 47.7 Å². The third-order valence-electron chi connectivity index (χ3n) is 4.31. The number of hydrogen-bond acceptors (Lipinski definition) is 10. The Kier molecular flexibility index (Phi) is 10.4. The smallest absolute Gasteiger partial charge is 0.373 e. The molecule has 1 heterocycles. The lowest BCUT2D eigenvalue weighted by Crippen LogP contribution is -2.59. The van der Waals surface area contributed by atoms with E-state index in [1.54, 1.807) is 19.1 Å². The molecule has 0 aromatic carbocycles. The van der Waals surface area contributed by atoms with Gasteiger partial charge in [0, 0.05) is 33.6 Å². The quantitative estimate of drug-likeness (QED) is 0.298. The molecule has 0 fully saturated rings. The summed E-state index contributed by atoms with van der Waals surface area (Å²) in [6.45, 7) is 5.98. The van der Waals surface area contributed by atoms with Crippen LogP contribution in [0.15, 0.2) is 24.0 Å². The van der Waals surface area contributed by atoms with Gasteiger partial charge in [-0.25, -0.2) is 4.79 Å². The maximum atomic E-state index is 12.2. The van der Waals surface area contributed by atoms with Crippen LogP contribution in [-0.2, 0) is 47.7 Å². The zero-order valence-corrected chi connectivity index (χ0v) is 18.9. The standard InChI is InChI=1S/C21H29NO10/c1-7-8-15-9-16(21(27)28-6)32-20(18(15)22-11(2)23)19(31-14(5)26)17(30-13(4)25)10-29-12(3)24/h7-9,15,17-20H,10H2,1-6H3,(H,22,23)/b8-7-/t15-,17+,18+,19+,20+/m0/s1. The van der Waals surface area contributed by atoms with Crippen LogP contribution in [0.3, 0.4) is 0 Å². The molecule has 1 amide bonds. The molecule has 11 heteroatoms. The van der Waals surface area contributed by atoms with Gasteiger partial charge in [0.2, 0.25) is 11.7 Å². The van der Waals surface area contributed by atoms with Gasteiger partial charge in [-0.15, -0.1) is 0 Å². The first-order valence-corrected chi connectivity index (χ1v) is 9.84. The first-order valence-electron chi connectivity index (χ1n) is 9.84. The topological polar surface area (TPSA) is 144 Å². The zero-order valence-electron chi connectivity index (χ0n) is 18.9. The molecule has 5 atom stereocenters. The lowest BCUT2D eigenvalue weighted by atomic mass is 9.86.